The molecule has 1 fully saturated rings. The van der Waals surface area contributed by atoms with Crippen LogP contribution in [0.15, 0.2) is 42.5 Å². The lowest BCUT2D eigenvalue weighted by atomic mass is 9.95. The van der Waals surface area contributed by atoms with Crippen molar-refractivity contribution in [1.82, 2.24) is 10.2 Å². The van der Waals surface area contributed by atoms with Crippen LogP contribution >= 0.6 is 24.8 Å². The number of rotatable bonds is 6. The number of halogens is 5. The molecule has 0 radical (unpaired) electrons. The van der Waals surface area contributed by atoms with E-state index < -0.39 is 6.36 Å². The fourth-order valence-electron chi connectivity index (χ4n) is 3.41. The number of piperazine rings is 1. The van der Waals surface area contributed by atoms with Crippen LogP contribution in [0.1, 0.15) is 24.1 Å². The van der Waals surface area contributed by atoms with Crippen LogP contribution in [-0.2, 0) is 0 Å². The highest BCUT2D eigenvalue weighted by atomic mass is 35.5. The van der Waals surface area contributed by atoms with E-state index in [-0.39, 0.29) is 42.4 Å². The third-order valence-electron chi connectivity index (χ3n) is 4.57. The Morgan fingerprint density at radius 3 is 2.27 bits per heavy atom. The molecule has 0 saturated carbocycles. The first kappa shape index (κ1) is 26.2. The Morgan fingerprint density at radius 2 is 1.70 bits per heavy atom. The largest absolute Gasteiger partial charge is 0.573 e. The highest BCUT2D eigenvalue weighted by Crippen LogP contribution is 2.40. The summed E-state index contributed by atoms with van der Waals surface area (Å²) in [5.74, 6) is 0.156. The smallest absolute Gasteiger partial charge is 0.504 e. The second-order valence-corrected chi connectivity index (χ2v) is 6.43. The summed E-state index contributed by atoms with van der Waals surface area (Å²) in [6, 6.07) is 10.8. The third kappa shape index (κ3) is 6.57. The van der Waals surface area contributed by atoms with Crippen LogP contribution in [0.4, 0.5) is 13.2 Å². The lowest BCUT2D eigenvalue weighted by molar-refractivity contribution is -0.274. The molecule has 0 amide bonds. The van der Waals surface area contributed by atoms with E-state index in [1.165, 1.54) is 12.1 Å². The number of nitrogens with zero attached hydrogens (tertiary/aromatic N) is 1. The number of para-hydroxylation sites is 1. The summed E-state index contributed by atoms with van der Waals surface area (Å²) in [5, 5.41) is 14.0. The van der Waals surface area contributed by atoms with Gasteiger partial charge in [0.05, 0.1) is 12.6 Å². The van der Waals surface area contributed by atoms with Gasteiger partial charge in [0, 0.05) is 31.7 Å². The van der Waals surface area contributed by atoms with Gasteiger partial charge < -0.3 is 19.9 Å². The number of hydrogen-bond acceptors (Lipinski definition) is 5. The summed E-state index contributed by atoms with van der Waals surface area (Å²) in [6.45, 7) is 5.31. The number of phenols is 1. The zero-order valence-corrected chi connectivity index (χ0v) is 17.9. The van der Waals surface area contributed by atoms with Crippen LogP contribution in [0, 0.1) is 0 Å². The number of ether oxygens (including phenoxy) is 2. The van der Waals surface area contributed by atoms with Crippen molar-refractivity contribution in [3.05, 3.63) is 53.6 Å². The Bertz CT molecular complexity index is 786. The highest BCUT2D eigenvalue weighted by Gasteiger charge is 2.32. The molecular formula is C20H25Cl2F3N2O3. The molecule has 2 aromatic rings. The van der Waals surface area contributed by atoms with Crippen molar-refractivity contribution in [2.24, 2.45) is 0 Å². The van der Waals surface area contributed by atoms with Crippen LogP contribution in [0.5, 0.6) is 17.2 Å². The van der Waals surface area contributed by atoms with Crippen LogP contribution < -0.4 is 14.8 Å². The van der Waals surface area contributed by atoms with Gasteiger partial charge in [-0.3, -0.25) is 4.90 Å². The third-order valence-corrected chi connectivity index (χ3v) is 4.57. The van der Waals surface area contributed by atoms with Crippen molar-refractivity contribution < 1.29 is 27.8 Å². The highest BCUT2D eigenvalue weighted by molar-refractivity contribution is 5.85. The lowest BCUT2D eigenvalue weighted by Crippen LogP contribution is -2.45. The average molecular weight is 469 g/mol. The molecule has 0 unspecified atom stereocenters. The summed E-state index contributed by atoms with van der Waals surface area (Å²) in [6.07, 6.45) is -4.73. The molecule has 0 spiro atoms. The number of hydrogen-bond donors (Lipinski definition) is 2. The molecule has 2 aromatic carbocycles. The fourth-order valence-corrected chi connectivity index (χ4v) is 3.41. The zero-order valence-electron chi connectivity index (χ0n) is 16.3. The molecule has 30 heavy (non-hydrogen) atoms. The number of phenolic OH excluding ortho intramolecular Hbond substituents is 1. The number of aromatic hydroxyl groups is 1. The lowest BCUT2D eigenvalue weighted by Gasteiger charge is -2.36. The molecule has 1 saturated heterocycles. The molecule has 3 rings (SSSR count). The van der Waals surface area contributed by atoms with E-state index in [2.05, 4.69) is 15.0 Å². The summed E-state index contributed by atoms with van der Waals surface area (Å²) in [5.41, 5.74) is 1.41. The molecule has 2 N–H and O–H groups in total. The Hall–Kier alpha value is -1.87. The van der Waals surface area contributed by atoms with Crippen LogP contribution in [0.2, 0.25) is 0 Å². The van der Waals surface area contributed by atoms with E-state index in [1.54, 1.807) is 24.3 Å². The molecule has 1 atom stereocenters. The summed E-state index contributed by atoms with van der Waals surface area (Å²) < 4.78 is 46.8. The maximum atomic E-state index is 12.4. The predicted octanol–water partition coefficient (Wildman–Crippen LogP) is 4.53. The van der Waals surface area contributed by atoms with Gasteiger partial charge in [0.15, 0.2) is 11.5 Å². The van der Waals surface area contributed by atoms with Crippen molar-refractivity contribution in [1.29, 1.82) is 0 Å². The summed E-state index contributed by atoms with van der Waals surface area (Å²) in [7, 11) is 0. The van der Waals surface area contributed by atoms with Crippen LogP contribution in [0.3, 0.4) is 0 Å². The maximum absolute atomic E-state index is 12.4. The first-order valence-corrected chi connectivity index (χ1v) is 9.14. The van der Waals surface area contributed by atoms with Crippen LogP contribution in [0.25, 0.3) is 0 Å². The first-order valence-electron chi connectivity index (χ1n) is 9.14. The van der Waals surface area contributed by atoms with Gasteiger partial charge in [-0.25, -0.2) is 0 Å². The zero-order chi connectivity index (χ0) is 20.1. The number of nitrogens with one attached hydrogen (secondary N) is 1. The van der Waals surface area contributed by atoms with Crippen molar-refractivity contribution in [3.8, 4) is 17.2 Å². The van der Waals surface area contributed by atoms with Gasteiger partial charge in [-0.05, 0) is 30.7 Å². The molecule has 0 aromatic heterocycles. The van der Waals surface area contributed by atoms with Gasteiger partial charge in [-0.15, -0.1) is 38.0 Å². The van der Waals surface area contributed by atoms with Crippen molar-refractivity contribution in [3.63, 3.8) is 0 Å². The summed E-state index contributed by atoms with van der Waals surface area (Å²) >= 11 is 0. The Kier molecular flexibility index (Phi) is 10.0. The van der Waals surface area contributed by atoms with Gasteiger partial charge in [0.1, 0.15) is 5.75 Å². The minimum Gasteiger partial charge on any atom is -0.504 e. The van der Waals surface area contributed by atoms with E-state index in [1.807, 2.05) is 13.0 Å². The molecule has 1 aliphatic heterocycles. The van der Waals surface area contributed by atoms with Gasteiger partial charge in [0.2, 0.25) is 0 Å². The monoisotopic (exact) mass is 468 g/mol. The molecule has 0 aliphatic carbocycles. The first-order chi connectivity index (χ1) is 13.4. The van der Waals surface area contributed by atoms with E-state index >= 15 is 0 Å². The Balaban J connectivity index is 0.00000225. The molecule has 5 nitrogen and oxygen atoms in total. The van der Waals surface area contributed by atoms with E-state index in [4.69, 9.17) is 4.74 Å². The molecular weight excluding hydrogens is 444 g/mol. The number of benzene rings is 2. The normalized spacial score (nSPS) is 15.5. The molecule has 1 heterocycles. The summed E-state index contributed by atoms with van der Waals surface area (Å²) in [4.78, 5) is 2.18. The van der Waals surface area contributed by atoms with Crippen LogP contribution in [-0.4, -0.2) is 49.2 Å². The minimum absolute atomic E-state index is 0. The second kappa shape index (κ2) is 11.5. The molecule has 168 valence electrons. The van der Waals surface area contributed by atoms with Crippen molar-refractivity contribution in [2.45, 2.75) is 19.3 Å². The maximum Gasteiger partial charge on any atom is 0.573 e. The second-order valence-electron chi connectivity index (χ2n) is 6.43. The quantitative estimate of drug-likeness (QED) is 0.652. The average Bonchev–Trinajstić information content (AvgIpc) is 2.66. The topological polar surface area (TPSA) is 54.0 Å². The Morgan fingerprint density at radius 1 is 1.07 bits per heavy atom. The molecule has 10 heteroatoms. The Labute approximate surface area is 186 Å². The van der Waals surface area contributed by atoms with E-state index in [9.17, 15) is 18.3 Å². The number of alkyl halides is 3. The van der Waals surface area contributed by atoms with Crippen molar-refractivity contribution >= 4 is 24.8 Å². The van der Waals surface area contributed by atoms with E-state index in [0.29, 0.717) is 17.9 Å². The standard InChI is InChI=1S/C20H23F3N2O3.2ClH/c1-2-27-17-5-3-4-16(19(17)26)18(25-12-10-24-11-13-25)14-6-8-15(9-7-14)28-20(21,22)23;;/h3-9,18,24,26H,2,10-13H2,1H3;2*1H/t18-;;/m1../s1. The van der Waals surface area contributed by atoms with Gasteiger partial charge >= 0.3 is 6.36 Å². The molecule has 1 aliphatic rings. The predicted molar refractivity (Wildman–Crippen MR) is 113 cm³/mol. The molecule has 0 bridgehead atoms. The SMILES string of the molecule is CCOc1cccc([C@@H](c2ccc(OC(F)(F)F)cc2)N2CCNCC2)c1O.Cl.Cl. The minimum atomic E-state index is -4.73. The van der Waals surface area contributed by atoms with Crippen molar-refractivity contribution in [2.75, 3.05) is 32.8 Å². The van der Waals surface area contributed by atoms with Gasteiger partial charge in [-0.1, -0.05) is 24.3 Å². The van der Waals surface area contributed by atoms with Gasteiger partial charge in [-0.2, -0.15) is 0 Å². The fraction of sp³-hybridized carbons (Fsp3) is 0.400. The van der Waals surface area contributed by atoms with E-state index in [0.717, 1.165) is 31.7 Å². The van der Waals surface area contributed by atoms with Gasteiger partial charge in [0.25, 0.3) is 0 Å².